The van der Waals surface area contributed by atoms with Crippen LogP contribution in [0.4, 0.5) is 35.1 Å². The van der Waals surface area contributed by atoms with Crippen molar-refractivity contribution in [3.05, 3.63) is 58.7 Å². The molecule has 2 saturated carbocycles. The first-order chi connectivity index (χ1) is 18.5. The highest BCUT2D eigenvalue weighted by molar-refractivity contribution is 5.36. The number of halogens is 8. The Morgan fingerprint density at radius 1 is 0.769 bits per heavy atom. The summed E-state index contributed by atoms with van der Waals surface area (Å²) in [7, 11) is 0. The smallest absolute Gasteiger partial charge is 0.429 e. The van der Waals surface area contributed by atoms with Gasteiger partial charge in [-0.1, -0.05) is 32.6 Å². The molecule has 0 amide bonds. The zero-order valence-electron chi connectivity index (χ0n) is 21.6. The molecule has 0 saturated heterocycles. The largest absolute Gasteiger partial charge is 0.432 e. The molecule has 0 spiro atoms. The number of benzene rings is 2. The maximum Gasteiger partial charge on any atom is 0.432 e. The molecule has 10 heteroatoms. The van der Waals surface area contributed by atoms with Crippen LogP contribution in [-0.2, 0) is 6.11 Å². The highest BCUT2D eigenvalue weighted by atomic mass is 19.3. The number of alkyl halides is 4. The van der Waals surface area contributed by atoms with Crippen LogP contribution < -0.4 is 9.47 Å². The number of hydrogen-bond acceptors (Lipinski definition) is 2. The quantitative estimate of drug-likeness (QED) is 0.282. The molecule has 39 heavy (non-hydrogen) atoms. The van der Waals surface area contributed by atoms with Crippen molar-refractivity contribution in [3.63, 3.8) is 0 Å². The second-order valence-electron chi connectivity index (χ2n) is 10.8. The van der Waals surface area contributed by atoms with E-state index in [-0.39, 0.29) is 23.6 Å². The molecule has 0 aromatic heterocycles. The van der Waals surface area contributed by atoms with Crippen molar-refractivity contribution < 1.29 is 44.6 Å². The number of rotatable bonds is 9. The lowest BCUT2D eigenvalue weighted by Gasteiger charge is -2.38. The zero-order valence-corrected chi connectivity index (χ0v) is 21.6. The molecule has 0 N–H and O–H groups in total. The Balaban J connectivity index is 1.42. The third kappa shape index (κ3) is 6.98. The summed E-state index contributed by atoms with van der Waals surface area (Å²) in [5.41, 5.74) is -1.43. The molecule has 0 atom stereocenters. The molecular weight excluding hydrogens is 532 g/mol. The first-order valence-corrected chi connectivity index (χ1v) is 13.5. The maximum atomic E-state index is 14.8. The van der Waals surface area contributed by atoms with Crippen LogP contribution in [0.5, 0.6) is 11.5 Å². The van der Waals surface area contributed by atoms with Crippen LogP contribution in [0.1, 0.15) is 88.2 Å². The topological polar surface area (TPSA) is 18.5 Å². The van der Waals surface area contributed by atoms with Crippen LogP contribution in [-0.4, -0.2) is 6.61 Å². The van der Waals surface area contributed by atoms with Crippen LogP contribution in [0.25, 0.3) is 0 Å². The van der Waals surface area contributed by atoms with E-state index < -0.39 is 53.1 Å². The van der Waals surface area contributed by atoms with Crippen molar-refractivity contribution in [2.75, 3.05) is 0 Å². The molecule has 0 heterocycles. The van der Waals surface area contributed by atoms with E-state index in [2.05, 4.69) is 16.4 Å². The van der Waals surface area contributed by atoms with Gasteiger partial charge in [-0.2, -0.15) is 17.6 Å². The first kappa shape index (κ1) is 29.5. The fourth-order valence-electron chi connectivity index (χ4n) is 6.38. The van der Waals surface area contributed by atoms with Crippen molar-refractivity contribution in [2.45, 2.75) is 89.8 Å². The van der Waals surface area contributed by atoms with E-state index in [4.69, 9.17) is 0 Å². The molecule has 2 aliphatic rings. The van der Waals surface area contributed by atoms with Crippen LogP contribution >= 0.6 is 0 Å². The Labute approximate surface area is 222 Å². The Hall–Kier alpha value is -2.52. The lowest BCUT2D eigenvalue weighted by atomic mass is 9.68. The van der Waals surface area contributed by atoms with Gasteiger partial charge in [-0.3, -0.25) is 0 Å². The molecule has 0 unspecified atom stereocenters. The second kappa shape index (κ2) is 12.3. The third-order valence-electron chi connectivity index (χ3n) is 8.28. The van der Waals surface area contributed by atoms with Gasteiger partial charge in [-0.25, -0.2) is 17.6 Å². The molecule has 2 aromatic carbocycles. The molecular formula is C29H32F8O2. The van der Waals surface area contributed by atoms with Gasteiger partial charge in [0.25, 0.3) is 0 Å². The van der Waals surface area contributed by atoms with Crippen LogP contribution in [0.3, 0.4) is 0 Å². The van der Waals surface area contributed by atoms with Crippen LogP contribution in [0.15, 0.2) is 24.3 Å². The van der Waals surface area contributed by atoms with Gasteiger partial charge in [-0.15, -0.1) is 0 Å². The summed E-state index contributed by atoms with van der Waals surface area (Å²) in [6.07, 6.45) is 5.99. The van der Waals surface area contributed by atoms with Crippen molar-refractivity contribution in [3.8, 4) is 11.5 Å². The minimum absolute atomic E-state index is 0.160. The Bertz CT molecular complexity index is 1080. The van der Waals surface area contributed by atoms with Gasteiger partial charge in [0.2, 0.25) is 0 Å². The Morgan fingerprint density at radius 3 is 1.77 bits per heavy atom. The average Bonchev–Trinajstić information content (AvgIpc) is 2.86. The minimum atomic E-state index is -4.65. The Morgan fingerprint density at radius 2 is 1.28 bits per heavy atom. The van der Waals surface area contributed by atoms with Gasteiger partial charge in [0.15, 0.2) is 17.4 Å². The number of hydrogen-bond donors (Lipinski definition) is 0. The molecule has 0 aliphatic heterocycles. The summed E-state index contributed by atoms with van der Waals surface area (Å²) in [5, 5.41) is 0. The maximum absolute atomic E-state index is 14.8. The van der Waals surface area contributed by atoms with E-state index in [9.17, 15) is 35.1 Å². The van der Waals surface area contributed by atoms with Gasteiger partial charge >= 0.3 is 12.7 Å². The third-order valence-corrected chi connectivity index (χ3v) is 8.28. The molecule has 4 rings (SSSR count). The molecule has 216 valence electrons. The van der Waals surface area contributed by atoms with Gasteiger partial charge in [0.1, 0.15) is 22.9 Å². The normalized spacial score (nSPS) is 24.2. The monoisotopic (exact) mass is 564 g/mol. The lowest BCUT2D eigenvalue weighted by Crippen LogP contribution is -2.27. The predicted octanol–water partition coefficient (Wildman–Crippen LogP) is 9.85. The van der Waals surface area contributed by atoms with Crippen molar-refractivity contribution in [1.29, 1.82) is 0 Å². The summed E-state index contributed by atoms with van der Waals surface area (Å²) in [5.74, 6) is -7.39. The van der Waals surface area contributed by atoms with E-state index in [1.807, 2.05) is 0 Å². The molecule has 2 nitrogen and oxygen atoms in total. The SMILES string of the molecule is CCCC1CCC(C2CCC(c3cc(F)c(C(F)(F)Oc4cc(F)c(OC(F)F)c(F)c4)c(F)c3)CC2)CC1. The zero-order chi connectivity index (χ0) is 28.3. The second-order valence-corrected chi connectivity index (χ2v) is 10.8. The summed E-state index contributed by atoms with van der Waals surface area (Å²) < 4.78 is 119. The molecule has 2 fully saturated rings. The van der Waals surface area contributed by atoms with E-state index in [1.54, 1.807) is 0 Å². The highest BCUT2D eigenvalue weighted by Gasteiger charge is 2.42. The van der Waals surface area contributed by atoms with Crippen molar-refractivity contribution in [2.24, 2.45) is 17.8 Å². The van der Waals surface area contributed by atoms with Crippen molar-refractivity contribution in [1.82, 2.24) is 0 Å². The average molecular weight is 565 g/mol. The summed E-state index contributed by atoms with van der Waals surface area (Å²) in [6.45, 7) is -1.36. The molecule has 2 aromatic rings. The molecule has 0 radical (unpaired) electrons. The molecule has 0 bridgehead atoms. The van der Waals surface area contributed by atoms with Gasteiger partial charge in [0, 0.05) is 12.1 Å². The summed E-state index contributed by atoms with van der Waals surface area (Å²) in [6, 6.07) is 2.04. The van der Waals surface area contributed by atoms with Crippen LogP contribution in [0.2, 0.25) is 0 Å². The predicted molar refractivity (Wildman–Crippen MR) is 129 cm³/mol. The standard InChI is InChI=1S/C29H32F8O2/c1-2-3-16-4-6-17(7-5-16)18-8-10-19(11-9-18)20-12-22(30)26(23(31)13-20)29(36,37)39-21-14-24(32)27(25(33)15-21)38-28(34)35/h12-19,28H,2-11H2,1H3. The van der Waals surface area contributed by atoms with E-state index in [0.717, 1.165) is 30.9 Å². The first-order valence-electron chi connectivity index (χ1n) is 13.5. The van der Waals surface area contributed by atoms with Gasteiger partial charge in [0.05, 0.1) is 0 Å². The summed E-state index contributed by atoms with van der Waals surface area (Å²) >= 11 is 0. The summed E-state index contributed by atoms with van der Waals surface area (Å²) in [4.78, 5) is 0. The number of ether oxygens (including phenoxy) is 2. The van der Waals surface area contributed by atoms with E-state index in [1.165, 1.54) is 38.5 Å². The lowest BCUT2D eigenvalue weighted by molar-refractivity contribution is -0.189. The van der Waals surface area contributed by atoms with Gasteiger partial charge < -0.3 is 9.47 Å². The fraction of sp³-hybridized carbons (Fsp3) is 0.586. The van der Waals surface area contributed by atoms with E-state index in [0.29, 0.717) is 24.7 Å². The van der Waals surface area contributed by atoms with E-state index >= 15 is 0 Å². The highest BCUT2D eigenvalue weighted by Crippen LogP contribution is 2.45. The fourth-order valence-corrected chi connectivity index (χ4v) is 6.38. The van der Waals surface area contributed by atoms with Crippen molar-refractivity contribution >= 4 is 0 Å². The molecule has 2 aliphatic carbocycles. The van der Waals surface area contributed by atoms with Crippen LogP contribution in [0, 0.1) is 41.0 Å². The Kier molecular flexibility index (Phi) is 9.32. The van der Waals surface area contributed by atoms with Gasteiger partial charge in [-0.05, 0) is 79.9 Å². The minimum Gasteiger partial charge on any atom is -0.429 e.